The van der Waals surface area contributed by atoms with Crippen molar-refractivity contribution in [1.29, 1.82) is 0 Å². The standard InChI is InChI=1S/C20H21N3O2S/c1-14-4-6-15(7-5-14)8-13-18(24)22-20(26)21-17-11-9-16(10-12-17)19(25)23(2)3/h4-13H,1-3H3,(H2,21,22,24,26)/b13-8+. The van der Waals surface area contributed by atoms with Crippen LogP contribution in [0.5, 0.6) is 0 Å². The van der Waals surface area contributed by atoms with Gasteiger partial charge in [0.05, 0.1) is 0 Å². The summed E-state index contributed by atoms with van der Waals surface area (Å²) in [6.07, 6.45) is 3.15. The molecule has 134 valence electrons. The summed E-state index contributed by atoms with van der Waals surface area (Å²) in [5, 5.41) is 5.69. The van der Waals surface area contributed by atoms with Gasteiger partial charge in [-0.25, -0.2) is 0 Å². The van der Waals surface area contributed by atoms with E-state index in [9.17, 15) is 9.59 Å². The Bertz CT molecular complexity index is 825. The Balaban J connectivity index is 1.88. The number of benzene rings is 2. The van der Waals surface area contributed by atoms with Crippen molar-refractivity contribution in [2.24, 2.45) is 0 Å². The van der Waals surface area contributed by atoms with E-state index in [2.05, 4.69) is 10.6 Å². The molecular formula is C20H21N3O2S. The first kappa shape index (κ1) is 19.3. The molecule has 26 heavy (non-hydrogen) atoms. The number of nitrogens with one attached hydrogen (secondary N) is 2. The summed E-state index contributed by atoms with van der Waals surface area (Å²) < 4.78 is 0. The molecule has 6 heteroatoms. The SMILES string of the molecule is Cc1ccc(/C=C/C(=O)NC(=S)Nc2ccc(C(=O)N(C)C)cc2)cc1. The van der Waals surface area contributed by atoms with Crippen molar-refractivity contribution in [3.63, 3.8) is 0 Å². The molecule has 2 aromatic carbocycles. The molecule has 0 aliphatic heterocycles. The number of anilines is 1. The molecule has 2 N–H and O–H groups in total. The van der Waals surface area contributed by atoms with Crippen LogP contribution in [0.4, 0.5) is 5.69 Å². The number of hydrogen-bond acceptors (Lipinski definition) is 3. The third-order valence-corrected chi connectivity index (χ3v) is 3.74. The predicted molar refractivity (Wildman–Crippen MR) is 109 cm³/mol. The Morgan fingerprint density at radius 3 is 2.19 bits per heavy atom. The first-order valence-corrected chi connectivity index (χ1v) is 8.44. The van der Waals surface area contributed by atoms with E-state index in [1.54, 1.807) is 44.4 Å². The Kier molecular flexibility index (Phi) is 6.63. The topological polar surface area (TPSA) is 61.4 Å². The van der Waals surface area contributed by atoms with Gasteiger partial charge in [0.1, 0.15) is 0 Å². The highest BCUT2D eigenvalue weighted by Gasteiger charge is 2.08. The normalized spacial score (nSPS) is 10.4. The average molecular weight is 367 g/mol. The Labute approximate surface area is 158 Å². The van der Waals surface area contributed by atoms with E-state index >= 15 is 0 Å². The molecule has 2 aromatic rings. The molecule has 0 radical (unpaired) electrons. The maximum absolute atomic E-state index is 11.9. The van der Waals surface area contributed by atoms with Crippen LogP contribution in [-0.4, -0.2) is 35.9 Å². The van der Waals surface area contributed by atoms with Crippen LogP contribution in [0.2, 0.25) is 0 Å². The van der Waals surface area contributed by atoms with Crippen molar-refractivity contribution in [1.82, 2.24) is 10.2 Å². The monoisotopic (exact) mass is 367 g/mol. The molecule has 0 bridgehead atoms. The third-order valence-electron chi connectivity index (χ3n) is 3.54. The molecule has 2 amide bonds. The number of aryl methyl sites for hydroxylation is 1. The lowest BCUT2D eigenvalue weighted by Gasteiger charge is -2.11. The first-order chi connectivity index (χ1) is 12.3. The van der Waals surface area contributed by atoms with Crippen molar-refractivity contribution in [2.75, 3.05) is 19.4 Å². The number of rotatable bonds is 4. The van der Waals surface area contributed by atoms with E-state index in [4.69, 9.17) is 12.2 Å². The largest absolute Gasteiger partial charge is 0.345 e. The highest BCUT2D eigenvalue weighted by Crippen LogP contribution is 2.11. The van der Waals surface area contributed by atoms with E-state index in [1.165, 1.54) is 11.0 Å². The molecule has 0 unspecified atom stereocenters. The maximum atomic E-state index is 11.9. The van der Waals surface area contributed by atoms with Gasteiger partial charge in [0.15, 0.2) is 5.11 Å². The lowest BCUT2D eigenvalue weighted by molar-refractivity contribution is -0.115. The zero-order valence-corrected chi connectivity index (χ0v) is 15.8. The lowest BCUT2D eigenvalue weighted by atomic mass is 10.1. The zero-order valence-electron chi connectivity index (χ0n) is 14.9. The summed E-state index contributed by atoms with van der Waals surface area (Å²) in [6, 6.07) is 14.7. The summed E-state index contributed by atoms with van der Waals surface area (Å²) in [5.41, 5.74) is 3.37. The molecule has 0 atom stereocenters. The van der Waals surface area contributed by atoms with Crippen LogP contribution in [-0.2, 0) is 4.79 Å². The van der Waals surface area contributed by atoms with Crippen molar-refractivity contribution in [3.05, 3.63) is 71.3 Å². The van der Waals surface area contributed by atoms with Gasteiger partial charge in [-0.15, -0.1) is 0 Å². The van der Waals surface area contributed by atoms with Crippen molar-refractivity contribution in [2.45, 2.75) is 6.92 Å². The quantitative estimate of drug-likeness (QED) is 0.643. The smallest absolute Gasteiger partial charge is 0.253 e. The van der Waals surface area contributed by atoms with Gasteiger partial charge in [-0.2, -0.15) is 0 Å². The summed E-state index contributed by atoms with van der Waals surface area (Å²) in [5.74, 6) is -0.392. The minimum Gasteiger partial charge on any atom is -0.345 e. The second-order valence-electron chi connectivity index (χ2n) is 5.96. The van der Waals surface area contributed by atoms with Crippen LogP contribution in [0.15, 0.2) is 54.6 Å². The predicted octanol–water partition coefficient (Wildman–Crippen LogP) is 3.22. The van der Waals surface area contributed by atoms with E-state index in [1.807, 2.05) is 31.2 Å². The molecule has 0 aromatic heterocycles. The van der Waals surface area contributed by atoms with Gasteiger partial charge in [-0.1, -0.05) is 29.8 Å². The number of hydrogen-bond donors (Lipinski definition) is 2. The van der Waals surface area contributed by atoms with Gasteiger partial charge in [0.25, 0.3) is 5.91 Å². The zero-order chi connectivity index (χ0) is 19.1. The Hall–Kier alpha value is -2.99. The number of carbonyl (C=O) groups excluding carboxylic acids is 2. The summed E-state index contributed by atoms with van der Waals surface area (Å²) in [7, 11) is 3.40. The average Bonchev–Trinajstić information content (AvgIpc) is 2.61. The highest BCUT2D eigenvalue weighted by atomic mass is 32.1. The third kappa shape index (κ3) is 5.82. The molecule has 0 saturated heterocycles. The fraction of sp³-hybridized carbons (Fsp3) is 0.150. The molecule has 0 aliphatic rings. The highest BCUT2D eigenvalue weighted by molar-refractivity contribution is 7.80. The van der Waals surface area contributed by atoms with E-state index in [0.29, 0.717) is 11.3 Å². The minimum atomic E-state index is -0.317. The van der Waals surface area contributed by atoms with Crippen LogP contribution in [0, 0.1) is 6.92 Å². The summed E-state index contributed by atoms with van der Waals surface area (Å²) >= 11 is 5.13. The number of amides is 2. The molecule has 0 saturated carbocycles. The Morgan fingerprint density at radius 2 is 1.62 bits per heavy atom. The van der Waals surface area contributed by atoms with Crippen LogP contribution < -0.4 is 10.6 Å². The minimum absolute atomic E-state index is 0.0753. The van der Waals surface area contributed by atoms with Crippen LogP contribution in [0.3, 0.4) is 0 Å². The Morgan fingerprint density at radius 1 is 1.00 bits per heavy atom. The summed E-state index contributed by atoms with van der Waals surface area (Å²) in [4.78, 5) is 25.3. The molecule has 0 fully saturated rings. The molecule has 0 aliphatic carbocycles. The van der Waals surface area contributed by atoms with Gasteiger partial charge >= 0.3 is 0 Å². The number of thiocarbonyl (C=S) groups is 1. The van der Waals surface area contributed by atoms with Gasteiger partial charge in [-0.05, 0) is 55.0 Å². The number of nitrogens with zero attached hydrogens (tertiary/aromatic N) is 1. The fourth-order valence-electron chi connectivity index (χ4n) is 2.12. The molecule has 0 spiro atoms. The maximum Gasteiger partial charge on any atom is 0.253 e. The van der Waals surface area contributed by atoms with Gasteiger partial charge in [0, 0.05) is 31.4 Å². The van der Waals surface area contributed by atoms with Crippen molar-refractivity contribution in [3.8, 4) is 0 Å². The van der Waals surface area contributed by atoms with Crippen LogP contribution in [0.1, 0.15) is 21.5 Å². The molecular weight excluding hydrogens is 346 g/mol. The van der Waals surface area contributed by atoms with Crippen molar-refractivity contribution >= 4 is 40.9 Å². The van der Waals surface area contributed by atoms with E-state index < -0.39 is 0 Å². The molecule has 5 nitrogen and oxygen atoms in total. The molecule has 0 heterocycles. The van der Waals surface area contributed by atoms with Gasteiger partial charge < -0.3 is 10.2 Å². The van der Waals surface area contributed by atoms with E-state index in [0.717, 1.165) is 11.1 Å². The van der Waals surface area contributed by atoms with Crippen molar-refractivity contribution < 1.29 is 9.59 Å². The number of carbonyl (C=O) groups is 2. The van der Waals surface area contributed by atoms with E-state index in [-0.39, 0.29) is 16.9 Å². The van der Waals surface area contributed by atoms with Crippen LogP contribution in [0.25, 0.3) is 6.08 Å². The first-order valence-electron chi connectivity index (χ1n) is 8.03. The lowest BCUT2D eigenvalue weighted by Crippen LogP contribution is -2.32. The summed E-state index contributed by atoms with van der Waals surface area (Å²) in [6.45, 7) is 2.01. The van der Waals surface area contributed by atoms with Crippen LogP contribution >= 0.6 is 12.2 Å². The van der Waals surface area contributed by atoms with Gasteiger partial charge in [0.2, 0.25) is 5.91 Å². The fourth-order valence-corrected chi connectivity index (χ4v) is 2.34. The second-order valence-corrected chi connectivity index (χ2v) is 6.37. The molecule has 2 rings (SSSR count). The second kappa shape index (κ2) is 8.92. The van der Waals surface area contributed by atoms with Gasteiger partial charge in [-0.3, -0.25) is 14.9 Å².